The summed E-state index contributed by atoms with van der Waals surface area (Å²) in [5.74, 6) is -0.829. The molecule has 2 amide bonds. The molecule has 1 heterocycles. The number of carbonyl (C=O) groups is 2. The highest BCUT2D eigenvalue weighted by Gasteiger charge is 2.30. The summed E-state index contributed by atoms with van der Waals surface area (Å²) in [5.41, 5.74) is 8.56. The zero-order valence-corrected chi connectivity index (χ0v) is 14.2. The Morgan fingerprint density at radius 2 is 1.50 bits per heavy atom. The van der Waals surface area contributed by atoms with E-state index < -0.39 is 5.97 Å². The van der Waals surface area contributed by atoms with Crippen molar-refractivity contribution in [1.29, 1.82) is 5.41 Å². The molecule has 26 heavy (non-hydrogen) atoms. The van der Waals surface area contributed by atoms with E-state index in [1.807, 2.05) is 24.3 Å². The fourth-order valence-electron chi connectivity index (χ4n) is 2.93. The van der Waals surface area contributed by atoms with Gasteiger partial charge in [-0.25, -0.2) is 4.79 Å². The number of hydrogen-bond donors (Lipinski definition) is 3. The van der Waals surface area contributed by atoms with Crippen LogP contribution in [0.5, 0.6) is 0 Å². The van der Waals surface area contributed by atoms with Crippen molar-refractivity contribution >= 4 is 29.2 Å². The lowest BCUT2D eigenvalue weighted by molar-refractivity contribution is -0.136. The van der Waals surface area contributed by atoms with E-state index in [0.29, 0.717) is 25.1 Å². The molecular formula is C19H20N4O3. The SMILES string of the molecule is N=C(N)c1ccc(N2CCN(c3ccc(CCC(=O)O)cc3)C2=O)cc1. The van der Waals surface area contributed by atoms with Gasteiger partial charge in [-0.2, -0.15) is 0 Å². The predicted molar refractivity (Wildman–Crippen MR) is 99.9 cm³/mol. The van der Waals surface area contributed by atoms with E-state index >= 15 is 0 Å². The summed E-state index contributed by atoms with van der Waals surface area (Å²) in [7, 11) is 0. The summed E-state index contributed by atoms with van der Waals surface area (Å²) in [6.45, 7) is 1.14. The van der Waals surface area contributed by atoms with Crippen molar-refractivity contribution in [3.63, 3.8) is 0 Å². The molecule has 1 fully saturated rings. The van der Waals surface area contributed by atoms with Gasteiger partial charge in [0.15, 0.2) is 0 Å². The first kappa shape index (κ1) is 17.5. The third-order valence-electron chi connectivity index (χ3n) is 4.37. The lowest BCUT2D eigenvalue weighted by Gasteiger charge is -2.19. The molecule has 1 saturated heterocycles. The van der Waals surface area contributed by atoms with E-state index in [9.17, 15) is 9.59 Å². The first-order valence-electron chi connectivity index (χ1n) is 8.30. The van der Waals surface area contributed by atoms with Crippen LogP contribution in [-0.2, 0) is 11.2 Å². The second kappa shape index (κ2) is 7.26. The van der Waals surface area contributed by atoms with E-state index in [1.54, 1.807) is 34.1 Å². The van der Waals surface area contributed by atoms with Gasteiger partial charge in [-0.15, -0.1) is 0 Å². The van der Waals surface area contributed by atoms with E-state index in [2.05, 4.69) is 0 Å². The van der Waals surface area contributed by atoms with Crippen LogP contribution in [0.1, 0.15) is 17.5 Å². The topological polar surface area (TPSA) is 111 Å². The summed E-state index contributed by atoms with van der Waals surface area (Å²) < 4.78 is 0. The van der Waals surface area contributed by atoms with Gasteiger partial charge in [-0.3, -0.25) is 20.0 Å². The minimum Gasteiger partial charge on any atom is -0.481 e. The molecule has 0 unspecified atom stereocenters. The Hall–Kier alpha value is -3.35. The lowest BCUT2D eigenvalue weighted by Crippen LogP contribution is -2.31. The van der Waals surface area contributed by atoms with Gasteiger partial charge in [0.1, 0.15) is 5.84 Å². The third kappa shape index (κ3) is 3.66. The molecule has 7 heteroatoms. The molecule has 3 rings (SSSR count). The van der Waals surface area contributed by atoms with Crippen LogP contribution in [0.15, 0.2) is 48.5 Å². The standard InChI is InChI=1S/C19H20N4O3/c20-18(21)14-4-8-16(9-5-14)23-12-11-22(19(23)26)15-6-1-13(2-7-15)3-10-17(24)25/h1-2,4-9H,3,10-12H2,(H3,20,21)(H,24,25). The molecule has 134 valence electrons. The number of nitrogens with two attached hydrogens (primary N) is 1. The van der Waals surface area contributed by atoms with Crippen LogP contribution < -0.4 is 15.5 Å². The first-order valence-corrected chi connectivity index (χ1v) is 8.30. The van der Waals surface area contributed by atoms with Crippen molar-refractivity contribution in [2.45, 2.75) is 12.8 Å². The summed E-state index contributed by atoms with van der Waals surface area (Å²) in [4.78, 5) is 26.8. The zero-order valence-electron chi connectivity index (χ0n) is 14.2. The van der Waals surface area contributed by atoms with Crippen LogP contribution in [0.2, 0.25) is 0 Å². The van der Waals surface area contributed by atoms with Gasteiger partial charge in [-0.05, 0) is 48.4 Å². The summed E-state index contributed by atoms with van der Waals surface area (Å²) >= 11 is 0. The largest absolute Gasteiger partial charge is 0.481 e. The Morgan fingerprint density at radius 3 is 1.96 bits per heavy atom. The third-order valence-corrected chi connectivity index (χ3v) is 4.37. The van der Waals surface area contributed by atoms with E-state index in [1.165, 1.54) is 0 Å². The molecule has 0 spiro atoms. The number of rotatable bonds is 6. The maximum Gasteiger partial charge on any atom is 0.329 e. The van der Waals surface area contributed by atoms with Gasteiger partial charge in [0.2, 0.25) is 0 Å². The van der Waals surface area contributed by atoms with Crippen LogP contribution in [-0.4, -0.2) is 36.0 Å². The van der Waals surface area contributed by atoms with Gasteiger partial charge in [0.05, 0.1) is 0 Å². The first-order chi connectivity index (χ1) is 12.5. The summed E-state index contributed by atoms with van der Waals surface area (Å²) in [5, 5.41) is 16.2. The highest BCUT2D eigenvalue weighted by Crippen LogP contribution is 2.25. The van der Waals surface area contributed by atoms with E-state index in [0.717, 1.165) is 16.9 Å². The normalized spacial score (nSPS) is 13.9. The predicted octanol–water partition coefficient (Wildman–Crippen LogP) is 2.43. The maximum atomic E-state index is 12.7. The Balaban J connectivity index is 1.70. The van der Waals surface area contributed by atoms with Crippen molar-refractivity contribution < 1.29 is 14.7 Å². The minimum atomic E-state index is -0.824. The van der Waals surface area contributed by atoms with Crippen LogP contribution in [0.4, 0.5) is 16.2 Å². The highest BCUT2D eigenvalue weighted by atomic mass is 16.4. The van der Waals surface area contributed by atoms with E-state index in [4.69, 9.17) is 16.2 Å². The van der Waals surface area contributed by atoms with Crippen molar-refractivity contribution in [2.75, 3.05) is 22.9 Å². The molecule has 0 atom stereocenters. The minimum absolute atomic E-state index is 0.00564. The number of aliphatic carboxylic acids is 1. The number of hydrogen-bond acceptors (Lipinski definition) is 3. The molecule has 7 nitrogen and oxygen atoms in total. The molecule has 2 aromatic carbocycles. The number of amides is 2. The molecule has 0 aliphatic carbocycles. The number of amidine groups is 1. The van der Waals surface area contributed by atoms with Crippen LogP contribution in [0.25, 0.3) is 0 Å². The number of carboxylic acids is 1. The number of aryl methyl sites for hydroxylation is 1. The van der Waals surface area contributed by atoms with Crippen molar-refractivity contribution in [3.05, 3.63) is 59.7 Å². The number of nitrogens with one attached hydrogen (secondary N) is 1. The second-order valence-corrected chi connectivity index (χ2v) is 6.11. The molecular weight excluding hydrogens is 332 g/mol. The number of carboxylic acid groups (broad SMARTS) is 1. The maximum absolute atomic E-state index is 12.7. The fourth-order valence-corrected chi connectivity index (χ4v) is 2.93. The average molecular weight is 352 g/mol. The van der Waals surface area contributed by atoms with Crippen LogP contribution in [0, 0.1) is 5.41 Å². The quantitative estimate of drug-likeness (QED) is 0.548. The summed E-state index contributed by atoms with van der Waals surface area (Å²) in [6, 6.07) is 14.3. The molecule has 1 aliphatic rings. The Bertz CT molecular complexity index is 831. The Labute approximate surface area is 151 Å². The molecule has 0 bridgehead atoms. The lowest BCUT2D eigenvalue weighted by atomic mass is 10.1. The fraction of sp³-hybridized carbons (Fsp3) is 0.211. The van der Waals surface area contributed by atoms with Gasteiger partial charge < -0.3 is 10.8 Å². The zero-order chi connectivity index (χ0) is 18.7. The number of nitrogens with zero attached hydrogens (tertiary/aromatic N) is 2. The second-order valence-electron chi connectivity index (χ2n) is 6.11. The number of urea groups is 1. The average Bonchev–Trinajstić information content (AvgIpc) is 3.02. The molecule has 4 N–H and O–H groups in total. The van der Waals surface area contributed by atoms with Crippen LogP contribution >= 0.6 is 0 Å². The van der Waals surface area contributed by atoms with Gasteiger partial charge >= 0.3 is 12.0 Å². The number of carbonyl (C=O) groups excluding carboxylic acids is 1. The van der Waals surface area contributed by atoms with Crippen molar-refractivity contribution in [1.82, 2.24) is 0 Å². The monoisotopic (exact) mass is 352 g/mol. The van der Waals surface area contributed by atoms with E-state index in [-0.39, 0.29) is 18.3 Å². The molecule has 1 aliphatic heterocycles. The summed E-state index contributed by atoms with van der Waals surface area (Å²) in [6.07, 6.45) is 0.560. The number of benzene rings is 2. The number of nitrogen functional groups attached to an aromatic ring is 1. The van der Waals surface area contributed by atoms with Crippen molar-refractivity contribution in [3.8, 4) is 0 Å². The van der Waals surface area contributed by atoms with Gasteiger partial charge in [0, 0.05) is 36.4 Å². The molecule has 0 radical (unpaired) electrons. The highest BCUT2D eigenvalue weighted by molar-refractivity contribution is 6.06. The van der Waals surface area contributed by atoms with Gasteiger partial charge in [-0.1, -0.05) is 12.1 Å². The Morgan fingerprint density at radius 1 is 1.00 bits per heavy atom. The van der Waals surface area contributed by atoms with Crippen molar-refractivity contribution in [2.24, 2.45) is 5.73 Å². The number of anilines is 2. The smallest absolute Gasteiger partial charge is 0.329 e. The van der Waals surface area contributed by atoms with Crippen LogP contribution in [0.3, 0.4) is 0 Å². The molecule has 2 aromatic rings. The molecule has 0 aromatic heterocycles. The molecule has 0 saturated carbocycles. The van der Waals surface area contributed by atoms with Gasteiger partial charge in [0.25, 0.3) is 0 Å². The Kier molecular flexibility index (Phi) is 4.88.